The number of nitrogens with zero attached hydrogens (tertiary/aromatic N) is 1. The van der Waals surface area contributed by atoms with E-state index in [0.717, 1.165) is 58.1 Å². The topological polar surface area (TPSA) is 84.0 Å². The summed E-state index contributed by atoms with van der Waals surface area (Å²) < 4.78 is 10.9. The number of amides is 1. The molecule has 0 radical (unpaired) electrons. The fraction of sp³-hybridized carbons (Fsp3) is 0.889. The first-order chi connectivity index (χ1) is 12.3. The lowest BCUT2D eigenvalue weighted by atomic mass is 9.99. The zero-order valence-corrected chi connectivity index (χ0v) is 17.8. The van der Waals surface area contributed by atoms with Gasteiger partial charge in [0.2, 0.25) is 0 Å². The van der Waals surface area contributed by atoms with Crippen LogP contribution in [0.15, 0.2) is 4.99 Å². The Morgan fingerprint density at radius 3 is 2.42 bits per heavy atom. The van der Waals surface area contributed by atoms with Gasteiger partial charge >= 0.3 is 6.09 Å². The number of nitrogens with one attached hydrogen (secondary N) is 3. The van der Waals surface area contributed by atoms with Gasteiger partial charge in [-0.15, -0.1) is 0 Å². The van der Waals surface area contributed by atoms with Gasteiger partial charge in [-0.2, -0.15) is 11.8 Å². The Kier molecular flexibility index (Phi) is 10.2. The molecule has 26 heavy (non-hydrogen) atoms. The highest BCUT2D eigenvalue weighted by Crippen LogP contribution is 2.33. The van der Waals surface area contributed by atoms with E-state index in [9.17, 15) is 4.79 Å². The van der Waals surface area contributed by atoms with E-state index in [1.807, 2.05) is 32.5 Å². The van der Waals surface area contributed by atoms with Crippen molar-refractivity contribution in [3.63, 3.8) is 0 Å². The molecule has 1 rings (SSSR count). The Labute approximate surface area is 162 Å². The van der Waals surface area contributed by atoms with E-state index < -0.39 is 5.60 Å². The predicted octanol–water partition coefficient (Wildman–Crippen LogP) is 2.37. The summed E-state index contributed by atoms with van der Waals surface area (Å²) in [5.74, 6) is 0.824. The van der Waals surface area contributed by atoms with Gasteiger partial charge in [-0.05, 0) is 53.2 Å². The summed E-state index contributed by atoms with van der Waals surface area (Å²) in [7, 11) is 0. The summed E-state index contributed by atoms with van der Waals surface area (Å²) in [6, 6.07) is 0. The zero-order chi connectivity index (χ0) is 19.5. The number of hydrogen-bond acceptors (Lipinski definition) is 5. The van der Waals surface area contributed by atoms with Crippen LogP contribution in [0.1, 0.15) is 47.0 Å². The van der Waals surface area contributed by atoms with Gasteiger partial charge in [0.15, 0.2) is 5.96 Å². The third kappa shape index (κ3) is 9.52. The van der Waals surface area contributed by atoms with Crippen LogP contribution >= 0.6 is 11.8 Å². The summed E-state index contributed by atoms with van der Waals surface area (Å²) in [5, 5.41) is 9.38. The van der Waals surface area contributed by atoms with Crippen molar-refractivity contribution in [1.29, 1.82) is 0 Å². The maximum Gasteiger partial charge on any atom is 0.407 e. The minimum Gasteiger partial charge on any atom is -0.444 e. The normalized spacial score (nSPS) is 17.5. The minimum absolute atomic E-state index is 0.179. The second-order valence-electron chi connectivity index (χ2n) is 7.40. The predicted molar refractivity (Wildman–Crippen MR) is 109 cm³/mol. The van der Waals surface area contributed by atoms with Gasteiger partial charge in [-0.3, -0.25) is 4.99 Å². The minimum atomic E-state index is -0.468. The van der Waals surface area contributed by atoms with Crippen LogP contribution < -0.4 is 16.0 Å². The Hall–Kier alpha value is -1.15. The Morgan fingerprint density at radius 2 is 1.85 bits per heavy atom. The maximum atomic E-state index is 11.6. The molecule has 0 aromatic heterocycles. The fourth-order valence-electron chi connectivity index (χ4n) is 2.53. The van der Waals surface area contributed by atoms with E-state index in [1.54, 1.807) is 0 Å². The molecule has 0 spiro atoms. The lowest BCUT2D eigenvalue weighted by Crippen LogP contribution is -2.41. The van der Waals surface area contributed by atoms with Crippen molar-refractivity contribution in [3.8, 4) is 0 Å². The number of thioether (sulfide) groups is 1. The molecule has 0 atom stereocenters. The monoisotopic (exact) mass is 388 g/mol. The molecule has 1 heterocycles. The summed E-state index contributed by atoms with van der Waals surface area (Å²) in [4.78, 5) is 16.4. The van der Waals surface area contributed by atoms with E-state index in [1.165, 1.54) is 0 Å². The van der Waals surface area contributed by atoms with Crippen molar-refractivity contribution in [1.82, 2.24) is 16.0 Å². The number of guanidine groups is 1. The second-order valence-corrected chi connectivity index (χ2v) is 8.68. The number of ether oxygens (including phenoxy) is 2. The van der Waals surface area contributed by atoms with E-state index in [2.05, 4.69) is 29.1 Å². The van der Waals surface area contributed by atoms with E-state index in [0.29, 0.717) is 6.54 Å². The average Bonchev–Trinajstić information content (AvgIpc) is 2.58. The zero-order valence-electron chi connectivity index (χ0n) is 16.9. The average molecular weight is 389 g/mol. The molecule has 0 aromatic carbocycles. The molecule has 1 amide bonds. The van der Waals surface area contributed by atoms with Gasteiger partial charge in [-0.1, -0.05) is 0 Å². The lowest BCUT2D eigenvalue weighted by Gasteiger charge is -2.34. The van der Waals surface area contributed by atoms with Gasteiger partial charge in [-0.25, -0.2) is 4.79 Å². The third-order valence-electron chi connectivity index (χ3n) is 4.02. The van der Waals surface area contributed by atoms with Gasteiger partial charge in [0.05, 0.1) is 6.54 Å². The van der Waals surface area contributed by atoms with Crippen molar-refractivity contribution in [2.45, 2.75) is 57.3 Å². The molecule has 152 valence electrons. The van der Waals surface area contributed by atoms with Crippen LogP contribution in [0.4, 0.5) is 4.79 Å². The second kappa shape index (κ2) is 11.5. The number of alkyl carbamates (subject to hydrolysis) is 1. The standard InChI is InChI=1S/C18H36N4O3S/c1-6-19-15(22-14-18(26-5)8-12-24-13-9-18)20-10-7-11-21-16(23)25-17(2,3)4/h6-14H2,1-5H3,(H,21,23)(H2,19,20,22). The van der Waals surface area contributed by atoms with Crippen LogP contribution in [0.5, 0.6) is 0 Å². The molecule has 0 aromatic rings. The molecule has 1 aliphatic rings. The van der Waals surface area contributed by atoms with Crippen molar-refractivity contribution < 1.29 is 14.3 Å². The Balaban J connectivity index is 2.35. The van der Waals surface area contributed by atoms with E-state index in [-0.39, 0.29) is 10.8 Å². The molecule has 1 saturated heterocycles. The first-order valence-corrected chi connectivity index (χ1v) is 10.6. The van der Waals surface area contributed by atoms with Crippen LogP contribution in [0.3, 0.4) is 0 Å². The van der Waals surface area contributed by atoms with Gasteiger partial charge < -0.3 is 25.4 Å². The first-order valence-electron chi connectivity index (χ1n) is 9.42. The molecule has 3 N–H and O–H groups in total. The molecule has 0 bridgehead atoms. The molecule has 7 nitrogen and oxygen atoms in total. The highest BCUT2D eigenvalue weighted by Gasteiger charge is 2.31. The van der Waals surface area contributed by atoms with Crippen molar-refractivity contribution in [2.24, 2.45) is 4.99 Å². The van der Waals surface area contributed by atoms with Gasteiger partial charge in [0.1, 0.15) is 5.60 Å². The molecule has 8 heteroatoms. The summed E-state index contributed by atoms with van der Waals surface area (Å²) in [5.41, 5.74) is -0.468. The lowest BCUT2D eigenvalue weighted by molar-refractivity contribution is 0.0527. The van der Waals surface area contributed by atoms with Crippen LogP contribution in [0.2, 0.25) is 0 Å². The first kappa shape index (κ1) is 22.9. The summed E-state index contributed by atoms with van der Waals surface area (Å²) in [6.07, 6.45) is 4.65. The Morgan fingerprint density at radius 1 is 1.19 bits per heavy atom. The van der Waals surface area contributed by atoms with Crippen molar-refractivity contribution in [2.75, 3.05) is 45.6 Å². The van der Waals surface area contributed by atoms with E-state index in [4.69, 9.17) is 14.5 Å². The summed E-state index contributed by atoms with van der Waals surface area (Å²) >= 11 is 1.89. The molecular formula is C18H36N4O3S. The van der Waals surface area contributed by atoms with Gasteiger partial charge in [0, 0.05) is 37.6 Å². The summed E-state index contributed by atoms with van der Waals surface area (Å²) in [6.45, 7) is 12.1. The van der Waals surface area contributed by atoms with Crippen molar-refractivity contribution in [3.05, 3.63) is 0 Å². The van der Waals surface area contributed by atoms with Crippen LogP contribution in [-0.2, 0) is 9.47 Å². The van der Waals surface area contributed by atoms with Crippen molar-refractivity contribution >= 4 is 23.8 Å². The molecule has 0 unspecified atom stereocenters. The molecule has 1 aliphatic heterocycles. The third-order valence-corrected chi connectivity index (χ3v) is 5.42. The van der Waals surface area contributed by atoms with Crippen LogP contribution in [-0.4, -0.2) is 68.0 Å². The van der Waals surface area contributed by atoms with Crippen LogP contribution in [0, 0.1) is 0 Å². The quantitative estimate of drug-likeness (QED) is 0.336. The number of carbonyl (C=O) groups excluding carboxylic acids is 1. The maximum absolute atomic E-state index is 11.6. The number of hydrogen-bond donors (Lipinski definition) is 3. The molecular weight excluding hydrogens is 352 g/mol. The van der Waals surface area contributed by atoms with Crippen LogP contribution in [0.25, 0.3) is 0 Å². The fourth-order valence-corrected chi connectivity index (χ4v) is 3.30. The molecule has 0 aliphatic carbocycles. The SMILES string of the molecule is CCNC(=NCC1(SC)CCOCC1)NCCCNC(=O)OC(C)(C)C. The highest BCUT2D eigenvalue weighted by atomic mass is 32.2. The molecule has 1 fully saturated rings. The van der Waals surface area contributed by atoms with E-state index >= 15 is 0 Å². The number of rotatable bonds is 8. The number of aliphatic imine (C=N–C) groups is 1. The Bertz CT molecular complexity index is 446. The molecule has 0 saturated carbocycles. The highest BCUT2D eigenvalue weighted by molar-refractivity contribution is 8.00. The largest absolute Gasteiger partial charge is 0.444 e. The number of carbonyl (C=O) groups is 1. The van der Waals surface area contributed by atoms with Gasteiger partial charge in [0.25, 0.3) is 0 Å². The smallest absolute Gasteiger partial charge is 0.407 e.